The van der Waals surface area contributed by atoms with Gasteiger partial charge in [0.25, 0.3) is 0 Å². The summed E-state index contributed by atoms with van der Waals surface area (Å²) in [6, 6.07) is 4.16. The largest absolute Gasteiger partial charge is 0.497 e. The summed E-state index contributed by atoms with van der Waals surface area (Å²) in [5.41, 5.74) is 3.12. The number of methoxy groups -OCH3 is 2. The van der Waals surface area contributed by atoms with Crippen molar-refractivity contribution in [2.24, 2.45) is 0 Å². The summed E-state index contributed by atoms with van der Waals surface area (Å²) in [6.45, 7) is 2.00. The van der Waals surface area contributed by atoms with E-state index in [1.807, 2.05) is 6.07 Å². The predicted octanol–water partition coefficient (Wildman–Crippen LogP) is 2.26. The number of nitrogens with one attached hydrogen (secondary N) is 1. The normalized spacial score (nSPS) is 19.2. The number of ether oxygens (including phenoxy) is 2. The lowest BCUT2D eigenvalue weighted by atomic mass is 9.87. The van der Waals surface area contributed by atoms with Gasteiger partial charge in [-0.3, -0.25) is 0 Å². The molecule has 1 aromatic rings. The second-order valence-electron chi connectivity index (χ2n) is 4.74. The van der Waals surface area contributed by atoms with E-state index in [1.54, 1.807) is 14.2 Å². The molecule has 0 unspecified atom stereocenters. The van der Waals surface area contributed by atoms with E-state index >= 15 is 0 Å². The Morgan fingerprint density at radius 2 is 1.94 bits per heavy atom. The third-order valence-electron chi connectivity index (χ3n) is 3.83. The van der Waals surface area contributed by atoms with E-state index in [0.717, 1.165) is 24.6 Å². The molecule has 3 nitrogen and oxygen atoms in total. The molecule has 0 saturated heterocycles. The summed E-state index contributed by atoms with van der Waals surface area (Å²) >= 11 is 0. The minimum atomic E-state index is 0. The van der Waals surface area contributed by atoms with Crippen LogP contribution in [0.15, 0.2) is 12.1 Å². The van der Waals surface area contributed by atoms with Gasteiger partial charge in [-0.25, -0.2) is 0 Å². The Morgan fingerprint density at radius 3 is 2.53 bits per heavy atom. The molecule has 4 heteroatoms. The zero-order valence-corrected chi connectivity index (χ0v) is 11.0. The Kier molecular flexibility index (Phi) is 3.23. The molecule has 0 bridgehead atoms. The standard InChI is InChI=1S/C13H17NO2.ClH/c1-15-9-5-11-10(12(6-9)16-2)7-14-8-13(11)3-4-13;/h5-6,14H,3-4,7-8H2,1-2H3;1H. The smallest absolute Gasteiger partial charge is 0.127 e. The van der Waals surface area contributed by atoms with E-state index in [1.165, 1.54) is 24.0 Å². The van der Waals surface area contributed by atoms with Gasteiger partial charge in [-0.15, -0.1) is 12.4 Å². The highest BCUT2D eigenvalue weighted by molar-refractivity contribution is 5.85. The van der Waals surface area contributed by atoms with Crippen molar-refractivity contribution in [1.29, 1.82) is 0 Å². The molecule has 1 aliphatic carbocycles. The predicted molar refractivity (Wildman–Crippen MR) is 69.4 cm³/mol. The summed E-state index contributed by atoms with van der Waals surface area (Å²) < 4.78 is 10.8. The average Bonchev–Trinajstić information content (AvgIpc) is 3.09. The van der Waals surface area contributed by atoms with E-state index in [2.05, 4.69) is 11.4 Å². The summed E-state index contributed by atoms with van der Waals surface area (Å²) in [5.74, 6) is 1.86. The molecule has 1 spiro atoms. The zero-order valence-electron chi connectivity index (χ0n) is 10.2. The van der Waals surface area contributed by atoms with E-state index < -0.39 is 0 Å². The van der Waals surface area contributed by atoms with Crippen LogP contribution in [0.2, 0.25) is 0 Å². The quantitative estimate of drug-likeness (QED) is 0.879. The molecule has 1 N–H and O–H groups in total. The van der Waals surface area contributed by atoms with Crippen LogP contribution < -0.4 is 14.8 Å². The minimum absolute atomic E-state index is 0. The van der Waals surface area contributed by atoms with Crippen LogP contribution in [0.1, 0.15) is 24.0 Å². The van der Waals surface area contributed by atoms with Gasteiger partial charge in [-0.1, -0.05) is 0 Å². The molecule has 1 saturated carbocycles. The maximum absolute atomic E-state index is 5.46. The van der Waals surface area contributed by atoms with Crippen LogP contribution in [0.3, 0.4) is 0 Å². The minimum Gasteiger partial charge on any atom is -0.497 e. The molecule has 94 valence electrons. The van der Waals surface area contributed by atoms with Gasteiger partial charge in [0, 0.05) is 30.1 Å². The molecule has 0 amide bonds. The first-order valence-corrected chi connectivity index (χ1v) is 5.75. The van der Waals surface area contributed by atoms with E-state index in [9.17, 15) is 0 Å². The first-order valence-electron chi connectivity index (χ1n) is 5.75. The third-order valence-corrected chi connectivity index (χ3v) is 3.83. The molecule has 0 aromatic heterocycles. The highest BCUT2D eigenvalue weighted by Crippen LogP contribution is 2.52. The van der Waals surface area contributed by atoms with Gasteiger partial charge in [0.15, 0.2) is 0 Å². The van der Waals surface area contributed by atoms with E-state index in [-0.39, 0.29) is 12.4 Å². The number of hydrogen-bond donors (Lipinski definition) is 1. The second kappa shape index (κ2) is 4.39. The van der Waals surface area contributed by atoms with Gasteiger partial charge in [-0.05, 0) is 24.5 Å². The van der Waals surface area contributed by atoms with Crippen molar-refractivity contribution in [3.05, 3.63) is 23.3 Å². The van der Waals surface area contributed by atoms with Crippen LogP contribution in [-0.2, 0) is 12.0 Å². The lowest BCUT2D eigenvalue weighted by Gasteiger charge is -2.28. The molecule has 0 radical (unpaired) electrons. The van der Waals surface area contributed by atoms with Gasteiger partial charge < -0.3 is 14.8 Å². The fourth-order valence-electron chi connectivity index (χ4n) is 2.69. The van der Waals surface area contributed by atoms with Crippen molar-refractivity contribution >= 4 is 12.4 Å². The van der Waals surface area contributed by atoms with Gasteiger partial charge in [-0.2, -0.15) is 0 Å². The molecule has 1 aliphatic heterocycles. The van der Waals surface area contributed by atoms with Crippen LogP contribution in [0, 0.1) is 0 Å². The molecule has 2 aliphatic rings. The van der Waals surface area contributed by atoms with Crippen molar-refractivity contribution in [2.75, 3.05) is 20.8 Å². The first-order chi connectivity index (χ1) is 7.79. The van der Waals surface area contributed by atoms with Crippen LogP contribution >= 0.6 is 12.4 Å². The Bertz CT molecular complexity index is 430. The van der Waals surface area contributed by atoms with Gasteiger partial charge in [0.05, 0.1) is 14.2 Å². The molecular formula is C13H18ClNO2. The molecular weight excluding hydrogens is 238 g/mol. The number of benzene rings is 1. The SMILES string of the molecule is COc1cc(OC)c2c(c1)C1(CC1)CNC2.Cl. The first kappa shape index (κ1) is 12.5. The molecule has 0 atom stereocenters. The monoisotopic (exact) mass is 255 g/mol. The average molecular weight is 256 g/mol. The van der Waals surface area contributed by atoms with Gasteiger partial charge in [0.1, 0.15) is 11.5 Å². The zero-order chi connectivity index (χ0) is 11.2. The van der Waals surface area contributed by atoms with E-state index in [0.29, 0.717) is 5.41 Å². The number of halogens is 1. The fraction of sp³-hybridized carbons (Fsp3) is 0.538. The highest BCUT2D eigenvalue weighted by Gasteiger charge is 2.47. The molecule has 17 heavy (non-hydrogen) atoms. The van der Waals surface area contributed by atoms with E-state index in [4.69, 9.17) is 9.47 Å². The number of fused-ring (bicyclic) bond motifs is 2. The number of rotatable bonds is 2. The molecule has 1 fully saturated rings. The molecule has 1 heterocycles. The third kappa shape index (κ3) is 1.87. The van der Waals surface area contributed by atoms with Gasteiger partial charge >= 0.3 is 0 Å². The fourth-order valence-corrected chi connectivity index (χ4v) is 2.69. The lowest BCUT2D eigenvalue weighted by Crippen LogP contribution is -2.33. The summed E-state index contributed by atoms with van der Waals surface area (Å²) in [6.07, 6.45) is 2.56. The summed E-state index contributed by atoms with van der Waals surface area (Å²) in [4.78, 5) is 0. The van der Waals surface area contributed by atoms with Crippen molar-refractivity contribution in [3.8, 4) is 11.5 Å². The van der Waals surface area contributed by atoms with Crippen molar-refractivity contribution in [2.45, 2.75) is 24.8 Å². The van der Waals surface area contributed by atoms with Gasteiger partial charge in [0.2, 0.25) is 0 Å². The topological polar surface area (TPSA) is 30.5 Å². The highest BCUT2D eigenvalue weighted by atomic mass is 35.5. The van der Waals surface area contributed by atoms with Crippen molar-refractivity contribution in [3.63, 3.8) is 0 Å². The van der Waals surface area contributed by atoms with Crippen LogP contribution in [0.25, 0.3) is 0 Å². The van der Waals surface area contributed by atoms with Crippen LogP contribution in [0.5, 0.6) is 11.5 Å². The number of hydrogen-bond acceptors (Lipinski definition) is 3. The molecule has 1 aromatic carbocycles. The van der Waals surface area contributed by atoms with Crippen LogP contribution in [0.4, 0.5) is 0 Å². The Labute approximate surface area is 108 Å². The van der Waals surface area contributed by atoms with Crippen molar-refractivity contribution < 1.29 is 9.47 Å². The second-order valence-corrected chi connectivity index (χ2v) is 4.74. The lowest BCUT2D eigenvalue weighted by molar-refractivity contribution is 0.381. The van der Waals surface area contributed by atoms with Crippen LogP contribution in [-0.4, -0.2) is 20.8 Å². The molecule has 3 rings (SSSR count). The maximum atomic E-state index is 5.46. The van der Waals surface area contributed by atoms with Crippen molar-refractivity contribution in [1.82, 2.24) is 5.32 Å². The summed E-state index contributed by atoms with van der Waals surface area (Å²) in [5, 5.41) is 3.49. The maximum Gasteiger partial charge on any atom is 0.127 e. The summed E-state index contributed by atoms with van der Waals surface area (Å²) in [7, 11) is 3.44. The Hall–Kier alpha value is -0.930. The Balaban J connectivity index is 0.00000108. The Morgan fingerprint density at radius 1 is 1.18 bits per heavy atom.